The minimum Gasteiger partial charge on any atom is -0.283 e. The zero-order chi connectivity index (χ0) is 25.2. The van der Waals surface area contributed by atoms with Gasteiger partial charge in [0.25, 0.3) is 11.5 Å². The lowest BCUT2D eigenvalue weighted by Crippen LogP contribution is -2.41. The number of carbonyl (C=O) groups excluding carboxylic acids is 2. The Balaban J connectivity index is 1.49. The summed E-state index contributed by atoms with van der Waals surface area (Å²) in [5.74, 6) is -0.558. The molecule has 2 aliphatic rings. The second-order valence-electron chi connectivity index (χ2n) is 9.25. The number of imide groups is 1. The molecule has 2 aromatic heterocycles. The second kappa shape index (κ2) is 10.9. The smallest absolute Gasteiger partial charge is 0.263 e. The van der Waals surface area contributed by atoms with Crippen LogP contribution < -0.4 is 5.56 Å². The van der Waals surface area contributed by atoms with Gasteiger partial charge in [-0.2, -0.15) is 0 Å². The SMILES string of the molecule is C=CCn1c(S[C@@H]2CCCCN(C(=O)c3ccc(Cl)cc3)C2=O)nc2sc3c(c2c1=O)CCCCC3. The van der Waals surface area contributed by atoms with E-state index in [1.54, 1.807) is 46.2 Å². The quantitative estimate of drug-likeness (QED) is 0.174. The zero-order valence-electron chi connectivity index (χ0n) is 20.0. The fourth-order valence-corrected chi connectivity index (χ4v) is 7.60. The Bertz CT molecular complexity index is 1380. The first-order chi connectivity index (χ1) is 17.5. The lowest BCUT2D eigenvalue weighted by molar-refractivity contribution is -0.127. The van der Waals surface area contributed by atoms with Crippen LogP contribution >= 0.6 is 34.7 Å². The normalized spacial score (nSPS) is 18.5. The Morgan fingerprint density at radius 3 is 2.69 bits per heavy atom. The van der Waals surface area contributed by atoms with Crippen molar-refractivity contribution < 1.29 is 9.59 Å². The van der Waals surface area contributed by atoms with Gasteiger partial charge in [-0.15, -0.1) is 17.9 Å². The van der Waals surface area contributed by atoms with Crippen molar-refractivity contribution in [1.29, 1.82) is 0 Å². The van der Waals surface area contributed by atoms with E-state index in [2.05, 4.69) is 6.58 Å². The summed E-state index contributed by atoms with van der Waals surface area (Å²) < 4.78 is 1.64. The molecule has 188 valence electrons. The molecule has 3 aromatic rings. The molecule has 9 heteroatoms. The van der Waals surface area contributed by atoms with E-state index in [0.717, 1.165) is 54.3 Å². The molecular weight excluding hydrogens is 514 g/mol. The van der Waals surface area contributed by atoms with E-state index >= 15 is 0 Å². The monoisotopic (exact) mass is 541 g/mol. The molecule has 0 saturated carbocycles. The van der Waals surface area contributed by atoms with Crippen molar-refractivity contribution in [3.8, 4) is 0 Å². The third kappa shape index (κ3) is 4.91. The highest BCUT2D eigenvalue weighted by Crippen LogP contribution is 2.36. The van der Waals surface area contributed by atoms with Gasteiger partial charge in [-0.25, -0.2) is 4.98 Å². The number of allylic oxidation sites excluding steroid dienone is 1. The molecule has 0 N–H and O–H groups in total. The number of thiophene rings is 1. The van der Waals surface area contributed by atoms with Gasteiger partial charge in [0.1, 0.15) is 4.83 Å². The number of hydrogen-bond acceptors (Lipinski definition) is 6. The van der Waals surface area contributed by atoms with Crippen LogP contribution in [0.1, 0.15) is 59.3 Å². The largest absolute Gasteiger partial charge is 0.283 e. The van der Waals surface area contributed by atoms with Crippen molar-refractivity contribution in [2.75, 3.05) is 6.54 Å². The zero-order valence-corrected chi connectivity index (χ0v) is 22.4. The molecule has 36 heavy (non-hydrogen) atoms. The molecule has 0 unspecified atom stereocenters. The van der Waals surface area contributed by atoms with E-state index in [9.17, 15) is 14.4 Å². The molecule has 1 fully saturated rings. The summed E-state index contributed by atoms with van der Waals surface area (Å²) in [6, 6.07) is 6.59. The summed E-state index contributed by atoms with van der Waals surface area (Å²) in [5.41, 5.74) is 1.53. The lowest BCUT2D eigenvalue weighted by atomic mass is 10.1. The highest BCUT2D eigenvalue weighted by molar-refractivity contribution is 8.00. The highest BCUT2D eigenvalue weighted by atomic mass is 35.5. The van der Waals surface area contributed by atoms with Crippen LogP contribution in [0.15, 0.2) is 46.9 Å². The number of hydrogen-bond donors (Lipinski definition) is 0. The average molecular weight is 542 g/mol. The minimum absolute atomic E-state index is 0.0584. The van der Waals surface area contributed by atoms with Gasteiger partial charge >= 0.3 is 0 Å². The maximum absolute atomic E-state index is 13.7. The minimum atomic E-state index is -0.498. The molecule has 1 aliphatic heterocycles. The van der Waals surface area contributed by atoms with E-state index in [1.807, 2.05) is 0 Å². The number of aryl methyl sites for hydroxylation is 2. The van der Waals surface area contributed by atoms with Crippen LogP contribution in [0.25, 0.3) is 10.2 Å². The summed E-state index contributed by atoms with van der Waals surface area (Å²) in [6.07, 6.45) is 9.17. The molecular formula is C27H28ClN3O3S2. The first-order valence-corrected chi connectivity index (χ1v) is 14.5. The number of rotatable bonds is 5. The Morgan fingerprint density at radius 2 is 1.92 bits per heavy atom. The van der Waals surface area contributed by atoms with Crippen molar-refractivity contribution in [1.82, 2.24) is 14.5 Å². The van der Waals surface area contributed by atoms with Crippen molar-refractivity contribution in [3.63, 3.8) is 0 Å². The number of likely N-dealkylation sites (tertiary alicyclic amines) is 1. The number of benzene rings is 1. The standard InChI is InChI=1S/C27H28ClN3O3S2/c1-2-15-31-26(34)22-19-8-4-3-5-9-20(19)35-23(22)29-27(31)36-21-10-6-7-16-30(25(21)33)24(32)17-11-13-18(28)14-12-17/h2,11-14,21H,1,3-10,15-16H2/t21-/m1/s1. The van der Waals surface area contributed by atoms with Gasteiger partial charge in [-0.1, -0.05) is 42.3 Å². The molecule has 2 amide bonds. The number of fused-ring (bicyclic) bond motifs is 3. The third-order valence-electron chi connectivity index (χ3n) is 6.82. The Morgan fingerprint density at radius 1 is 1.14 bits per heavy atom. The van der Waals surface area contributed by atoms with Crippen molar-refractivity contribution in [2.45, 2.75) is 68.3 Å². The number of thioether (sulfide) groups is 1. The molecule has 0 spiro atoms. The molecule has 1 atom stereocenters. The summed E-state index contributed by atoms with van der Waals surface area (Å²) >= 11 is 8.88. The summed E-state index contributed by atoms with van der Waals surface area (Å²) in [5, 5.41) is 1.29. The van der Waals surface area contributed by atoms with Gasteiger partial charge in [0.05, 0.1) is 10.6 Å². The predicted octanol–water partition coefficient (Wildman–Crippen LogP) is 5.88. The second-order valence-corrected chi connectivity index (χ2v) is 11.9. The number of aromatic nitrogens is 2. The molecule has 6 nitrogen and oxygen atoms in total. The van der Waals surface area contributed by atoms with E-state index in [0.29, 0.717) is 35.3 Å². The topological polar surface area (TPSA) is 72.3 Å². The van der Waals surface area contributed by atoms with Crippen LogP contribution in [0.4, 0.5) is 0 Å². The highest BCUT2D eigenvalue weighted by Gasteiger charge is 2.33. The molecule has 5 rings (SSSR count). The van der Waals surface area contributed by atoms with Crippen LogP contribution in [0.5, 0.6) is 0 Å². The van der Waals surface area contributed by atoms with Gasteiger partial charge in [0, 0.05) is 28.6 Å². The maximum Gasteiger partial charge on any atom is 0.263 e. The van der Waals surface area contributed by atoms with Crippen LogP contribution in [0.2, 0.25) is 5.02 Å². The number of halogens is 1. The van der Waals surface area contributed by atoms with Gasteiger partial charge < -0.3 is 0 Å². The van der Waals surface area contributed by atoms with Crippen molar-refractivity contribution in [3.05, 3.63) is 68.3 Å². The fourth-order valence-electron chi connectivity index (χ4n) is 4.97. The van der Waals surface area contributed by atoms with Crippen LogP contribution in [-0.4, -0.2) is 38.1 Å². The molecule has 1 aliphatic carbocycles. The summed E-state index contributed by atoms with van der Waals surface area (Å²) in [7, 11) is 0. The molecule has 3 heterocycles. The first-order valence-electron chi connectivity index (χ1n) is 12.4. The maximum atomic E-state index is 13.7. The lowest BCUT2D eigenvalue weighted by Gasteiger charge is -2.23. The van der Waals surface area contributed by atoms with Crippen molar-refractivity contribution in [2.24, 2.45) is 0 Å². The number of nitrogens with zero attached hydrogens (tertiary/aromatic N) is 3. The Kier molecular flexibility index (Phi) is 7.65. The average Bonchev–Trinajstić information content (AvgIpc) is 2.98. The fraction of sp³-hybridized carbons (Fsp3) is 0.407. The van der Waals surface area contributed by atoms with Crippen molar-refractivity contribution >= 4 is 56.7 Å². The van der Waals surface area contributed by atoms with E-state index in [1.165, 1.54) is 28.0 Å². The number of carbonyl (C=O) groups is 2. The van der Waals surface area contributed by atoms with E-state index in [-0.39, 0.29) is 17.4 Å². The van der Waals surface area contributed by atoms with Crippen LogP contribution in [-0.2, 0) is 24.2 Å². The Labute approximate surface area is 223 Å². The molecule has 1 saturated heterocycles. The molecule has 1 aromatic carbocycles. The Hall–Kier alpha value is -2.42. The van der Waals surface area contributed by atoms with Gasteiger partial charge in [-0.3, -0.25) is 23.9 Å². The van der Waals surface area contributed by atoms with Crippen LogP contribution in [0, 0.1) is 0 Å². The third-order valence-corrected chi connectivity index (χ3v) is 9.51. The van der Waals surface area contributed by atoms with E-state index < -0.39 is 5.25 Å². The van der Waals surface area contributed by atoms with Gasteiger partial charge in [-0.05, 0) is 68.4 Å². The van der Waals surface area contributed by atoms with E-state index in [4.69, 9.17) is 16.6 Å². The summed E-state index contributed by atoms with van der Waals surface area (Å²) in [6.45, 7) is 4.54. The van der Waals surface area contributed by atoms with Crippen LogP contribution in [0.3, 0.4) is 0 Å². The molecule has 0 radical (unpaired) electrons. The predicted molar refractivity (Wildman–Crippen MR) is 146 cm³/mol. The van der Waals surface area contributed by atoms with Gasteiger partial charge in [0.2, 0.25) is 5.91 Å². The summed E-state index contributed by atoms with van der Waals surface area (Å²) in [4.78, 5) is 48.7. The number of amides is 2. The van der Waals surface area contributed by atoms with Gasteiger partial charge in [0.15, 0.2) is 5.16 Å². The first kappa shape index (κ1) is 25.2. The molecule has 0 bridgehead atoms.